The normalized spacial score (nSPS) is 20.5. The summed E-state index contributed by atoms with van der Waals surface area (Å²) in [6, 6.07) is 4.75. The lowest BCUT2D eigenvalue weighted by molar-refractivity contribution is -0.111. The number of amides is 1. The van der Waals surface area contributed by atoms with E-state index < -0.39 is 0 Å². The highest BCUT2D eigenvalue weighted by Crippen LogP contribution is 2.26. The molecule has 1 saturated heterocycles. The molecule has 2 aromatic rings. The van der Waals surface area contributed by atoms with Crippen LogP contribution in [-0.2, 0) is 9.53 Å². The molecule has 1 aliphatic heterocycles. The van der Waals surface area contributed by atoms with Crippen LogP contribution in [0.1, 0.15) is 24.5 Å². The van der Waals surface area contributed by atoms with Crippen molar-refractivity contribution in [2.24, 2.45) is 0 Å². The number of ether oxygens (including phenoxy) is 1. The van der Waals surface area contributed by atoms with E-state index in [0.717, 1.165) is 10.7 Å². The van der Waals surface area contributed by atoms with Gasteiger partial charge in [0.05, 0.1) is 28.6 Å². The zero-order chi connectivity index (χ0) is 18.7. The SMILES string of the molecule is Cc1nc(/C=C/C(=O)Nc2ccc(N3CC(C)OC(C)C3)c(F)c2)cs1. The first-order valence-corrected chi connectivity index (χ1v) is 9.40. The molecule has 1 fully saturated rings. The van der Waals surface area contributed by atoms with E-state index in [9.17, 15) is 9.18 Å². The van der Waals surface area contributed by atoms with Crippen LogP contribution in [0.25, 0.3) is 6.08 Å². The van der Waals surface area contributed by atoms with Gasteiger partial charge in [-0.05, 0) is 45.0 Å². The van der Waals surface area contributed by atoms with E-state index in [1.807, 2.05) is 31.1 Å². The Bertz CT molecular complexity index is 811. The van der Waals surface area contributed by atoms with Gasteiger partial charge in [0.15, 0.2) is 0 Å². The Balaban J connectivity index is 1.65. The molecule has 0 spiro atoms. The number of benzene rings is 1. The van der Waals surface area contributed by atoms with Gasteiger partial charge in [-0.3, -0.25) is 4.79 Å². The monoisotopic (exact) mass is 375 g/mol. The van der Waals surface area contributed by atoms with E-state index in [4.69, 9.17) is 4.74 Å². The topological polar surface area (TPSA) is 54.5 Å². The van der Waals surface area contributed by atoms with Crippen molar-refractivity contribution < 1.29 is 13.9 Å². The zero-order valence-electron chi connectivity index (χ0n) is 15.0. The fraction of sp³-hybridized carbons (Fsp3) is 0.368. The first-order chi connectivity index (χ1) is 12.4. The number of halogens is 1. The van der Waals surface area contributed by atoms with Crippen LogP contribution in [0.3, 0.4) is 0 Å². The Morgan fingerprint density at radius 2 is 2.12 bits per heavy atom. The first-order valence-electron chi connectivity index (χ1n) is 8.52. The number of carbonyl (C=O) groups excluding carboxylic acids is 1. The molecule has 138 valence electrons. The number of hydrogen-bond acceptors (Lipinski definition) is 5. The smallest absolute Gasteiger partial charge is 0.248 e. The molecule has 0 bridgehead atoms. The van der Waals surface area contributed by atoms with Gasteiger partial charge in [0, 0.05) is 30.2 Å². The van der Waals surface area contributed by atoms with Crippen LogP contribution in [0.4, 0.5) is 15.8 Å². The van der Waals surface area contributed by atoms with Gasteiger partial charge in [-0.2, -0.15) is 0 Å². The summed E-state index contributed by atoms with van der Waals surface area (Å²) in [5, 5.41) is 5.49. The van der Waals surface area contributed by atoms with Crippen LogP contribution in [-0.4, -0.2) is 36.2 Å². The van der Waals surface area contributed by atoms with Gasteiger partial charge in [0.1, 0.15) is 5.82 Å². The minimum atomic E-state index is -0.358. The molecule has 0 aliphatic carbocycles. The highest BCUT2D eigenvalue weighted by molar-refractivity contribution is 7.09. The highest BCUT2D eigenvalue weighted by Gasteiger charge is 2.24. The fourth-order valence-corrected chi connectivity index (χ4v) is 3.60. The second kappa shape index (κ2) is 7.97. The molecule has 2 heterocycles. The molecule has 7 heteroatoms. The minimum absolute atomic E-state index is 0.0528. The fourth-order valence-electron chi connectivity index (χ4n) is 3.02. The van der Waals surface area contributed by atoms with E-state index in [1.165, 1.54) is 23.5 Å². The van der Waals surface area contributed by atoms with Crippen molar-refractivity contribution in [3.63, 3.8) is 0 Å². The van der Waals surface area contributed by atoms with Gasteiger partial charge in [0.2, 0.25) is 5.91 Å². The number of carbonyl (C=O) groups is 1. The Morgan fingerprint density at radius 3 is 2.73 bits per heavy atom. The van der Waals surface area contributed by atoms with Crippen molar-refractivity contribution >= 4 is 34.7 Å². The molecule has 1 aromatic heterocycles. The largest absolute Gasteiger partial charge is 0.372 e. The summed E-state index contributed by atoms with van der Waals surface area (Å²) in [5.74, 6) is -0.681. The van der Waals surface area contributed by atoms with E-state index in [1.54, 1.807) is 18.2 Å². The van der Waals surface area contributed by atoms with Crippen molar-refractivity contribution in [3.8, 4) is 0 Å². The maximum absolute atomic E-state index is 14.5. The number of morpholine rings is 1. The summed E-state index contributed by atoms with van der Waals surface area (Å²) in [6.07, 6.45) is 3.14. The van der Waals surface area contributed by atoms with Gasteiger partial charge in [0.25, 0.3) is 0 Å². The minimum Gasteiger partial charge on any atom is -0.372 e. The van der Waals surface area contributed by atoms with Crippen LogP contribution in [0.15, 0.2) is 29.7 Å². The molecule has 1 aromatic carbocycles. The average molecular weight is 375 g/mol. The average Bonchev–Trinajstić information content (AvgIpc) is 2.97. The van der Waals surface area contributed by atoms with Crippen molar-refractivity contribution in [3.05, 3.63) is 46.2 Å². The maximum Gasteiger partial charge on any atom is 0.248 e. The van der Waals surface area contributed by atoms with Crippen molar-refractivity contribution in [1.29, 1.82) is 0 Å². The van der Waals surface area contributed by atoms with Gasteiger partial charge in [-0.15, -0.1) is 11.3 Å². The van der Waals surface area contributed by atoms with Gasteiger partial charge in [-0.1, -0.05) is 0 Å². The molecule has 26 heavy (non-hydrogen) atoms. The zero-order valence-corrected chi connectivity index (χ0v) is 15.8. The van der Waals surface area contributed by atoms with E-state index in [-0.39, 0.29) is 23.9 Å². The van der Waals surface area contributed by atoms with Crippen LogP contribution in [0.5, 0.6) is 0 Å². The predicted octanol–water partition coefficient (Wildman–Crippen LogP) is 3.86. The maximum atomic E-state index is 14.5. The highest BCUT2D eigenvalue weighted by atomic mass is 32.1. The van der Waals surface area contributed by atoms with Crippen LogP contribution in [0, 0.1) is 12.7 Å². The third-order valence-corrected chi connectivity index (χ3v) is 4.81. The Morgan fingerprint density at radius 1 is 1.38 bits per heavy atom. The number of anilines is 2. The number of aryl methyl sites for hydroxylation is 1. The van der Waals surface area contributed by atoms with Gasteiger partial charge >= 0.3 is 0 Å². The quantitative estimate of drug-likeness (QED) is 0.825. The number of rotatable bonds is 4. The molecule has 5 nitrogen and oxygen atoms in total. The lowest BCUT2D eigenvalue weighted by Gasteiger charge is -2.37. The number of nitrogens with one attached hydrogen (secondary N) is 1. The summed E-state index contributed by atoms with van der Waals surface area (Å²) in [7, 11) is 0. The molecular formula is C19H22FN3O2S. The third kappa shape index (κ3) is 4.68. The van der Waals surface area contributed by atoms with E-state index in [2.05, 4.69) is 10.3 Å². The second-order valence-electron chi connectivity index (χ2n) is 6.44. The lowest BCUT2D eigenvalue weighted by atomic mass is 10.2. The summed E-state index contributed by atoms with van der Waals surface area (Å²) < 4.78 is 20.2. The van der Waals surface area contributed by atoms with Crippen LogP contribution >= 0.6 is 11.3 Å². The second-order valence-corrected chi connectivity index (χ2v) is 7.50. The van der Waals surface area contributed by atoms with Crippen molar-refractivity contribution in [2.45, 2.75) is 33.0 Å². The van der Waals surface area contributed by atoms with E-state index >= 15 is 0 Å². The molecule has 1 aliphatic rings. The summed E-state index contributed by atoms with van der Waals surface area (Å²) in [6.45, 7) is 7.14. The Kier molecular flexibility index (Phi) is 5.68. The number of aromatic nitrogens is 1. The first kappa shape index (κ1) is 18.5. The third-order valence-electron chi connectivity index (χ3n) is 4.02. The molecule has 0 saturated carbocycles. The number of hydrogen-bond donors (Lipinski definition) is 1. The van der Waals surface area contributed by atoms with Crippen molar-refractivity contribution in [1.82, 2.24) is 4.98 Å². The van der Waals surface area contributed by atoms with Crippen LogP contribution in [0.2, 0.25) is 0 Å². The van der Waals surface area contributed by atoms with Gasteiger partial charge in [-0.25, -0.2) is 9.37 Å². The summed E-state index contributed by atoms with van der Waals surface area (Å²) in [4.78, 5) is 18.2. The number of nitrogens with zero attached hydrogens (tertiary/aromatic N) is 2. The number of thiazole rings is 1. The molecular weight excluding hydrogens is 353 g/mol. The standard InChI is InChI=1S/C19H22FN3O2S/c1-12-9-23(10-13(2)25-12)18-6-4-15(8-17(18)20)22-19(24)7-5-16-11-26-14(3)21-16/h4-8,11-13H,9-10H2,1-3H3,(H,22,24)/b7-5+. The van der Waals surface area contributed by atoms with E-state index in [0.29, 0.717) is 24.5 Å². The van der Waals surface area contributed by atoms with Gasteiger partial charge < -0.3 is 15.0 Å². The Hall–Kier alpha value is -2.25. The van der Waals surface area contributed by atoms with Crippen LogP contribution < -0.4 is 10.2 Å². The molecule has 0 radical (unpaired) electrons. The molecule has 1 N–H and O–H groups in total. The summed E-state index contributed by atoms with van der Waals surface area (Å²) >= 11 is 1.52. The predicted molar refractivity (Wildman–Crippen MR) is 103 cm³/mol. The molecule has 2 unspecified atom stereocenters. The molecule has 3 rings (SSSR count). The lowest BCUT2D eigenvalue weighted by Crippen LogP contribution is -2.45. The summed E-state index contributed by atoms with van der Waals surface area (Å²) in [5.41, 5.74) is 1.68. The molecule has 2 atom stereocenters. The van der Waals surface area contributed by atoms with Crippen molar-refractivity contribution in [2.75, 3.05) is 23.3 Å². The Labute approximate surface area is 156 Å². The molecule has 1 amide bonds.